The van der Waals surface area contributed by atoms with Crippen molar-refractivity contribution < 1.29 is 24.3 Å². The minimum absolute atomic E-state index is 0.0151. The van der Waals surface area contributed by atoms with Crippen molar-refractivity contribution in [3.8, 4) is 0 Å². The molecule has 0 aromatic heterocycles. The van der Waals surface area contributed by atoms with E-state index in [0.29, 0.717) is 5.69 Å². The number of imide groups is 1. The largest absolute Gasteiger partial charge is 0.480 e. The summed E-state index contributed by atoms with van der Waals surface area (Å²) in [6.45, 7) is 3.24. The van der Waals surface area contributed by atoms with Crippen LogP contribution in [0.15, 0.2) is 24.3 Å². The highest BCUT2D eigenvalue weighted by molar-refractivity contribution is 8.00. The van der Waals surface area contributed by atoms with E-state index in [1.165, 1.54) is 6.92 Å². The molecule has 0 spiro atoms. The Hall–Kier alpha value is -2.35. The first-order valence-corrected chi connectivity index (χ1v) is 8.95. The molecular formula is C17H20N2O5S. The van der Waals surface area contributed by atoms with Gasteiger partial charge in [0.2, 0.25) is 17.7 Å². The Morgan fingerprint density at radius 3 is 2.48 bits per heavy atom. The molecule has 0 radical (unpaired) electrons. The van der Waals surface area contributed by atoms with Crippen LogP contribution in [-0.4, -0.2) is 45.8 Å². The van der Waals surface area contributed by atoms with Crippen LogP contribution in [-0.2, 0) is 25.6 Å². The van der Waals surface area contributed by atoms with Gasteiger partial charge < -0.3 is 10.4 Å². The summed E-state index contributed by atoms with van der Waals surface area (Å²) in [6, 6.07) is 6.11. The summed E-state index contributed by atoms with van der Waals surface area (Å²) in [6.07, 6.45) is 0.881. The predicted octanol–water partition coefficient (Wildman–Crippen LogP) is 1.20. The van der Waals surface area contributed by atoms with Gasteiger partial charge in [-0.05, 0) is 24.1 Å². The molecular weight excluding hydrogens is 344 g/mol. The summed E-state index contributed by atoms with van der Waals surface area (Å²) in [5.41, 5.74) is 1.63. The van der Waals surface area contributed by atoms with Crippen LogP contribution in [0.1, 0.15) is 25.8 Å². The van der Waals surface area contributed by atoms with Crippen LogP contribution in [0.5, 0.6) is 0 Å². The predicted molar refractivity (Wildman–Crippen MR) is 94.4 cm³/mol. The highest BCUT2D eigenvalue weighted by atomic mass is 32.2. The third-order valence-corrected chi connectivity index (χ3v) is 5.14. The summed E-state index contributed by atoms with van der Waals surface area (Å²) >= 11 is 1.07. The van der Waals surface area contributed by atoms with E-state index in [9.17, 15) is 19.2 Å². The number of anilines is 1. The maximum absolute atomic E-state index is 12.5. The molecule has 8 heteroatoms. The molecule has 1 aliphatic rings. The summed E-state index contributed by atoms with van der Waals surface area (Å²) in [4.78, 5) is 48.1. The van der Waals surface area contributed by atoms with E-state index in [1.54, 1.807) is 12.1 Å². The number of carboxylic acid groups (broad SMARTS) is 1. The number of aliphatic carboxylic acids is 1. The fraction of sp³-hybridized carbons (Fsp3) is 0.412. The number of hydrogen-bond acceptors (Lipinski definition) is 5. The normalized spacial score (nSPS) is 18.3. The van der Waals surface area contributed by atoms with Crippen molar-refractivity contribution in [3.63, 3.8) is 0 Å². The molecule has 2 unspecified atom stereocenters. The number of hydrogen-bond donors (Lipinski definition) is 2. The Labute approximate surface area is 149 Å². The second kappa shape index (κ2) is 8.15. The molecule has 1 aliphatic heterocycles. The number of nitrogens with zero attached hydrogens (tertiary/aromatic N) is 1. The quantitative estimate of drug-likeness (QED) is 0.705. The van der Waals surface area contributed by atoms with Gasteiger partial charge >= 0.3 is 5.97 Å². The lowest BCUT2D eigenvalue weighted by molar-refractivity contribution is -0.140. The van der Waals surface area contributed by atoms with Gasteiger partial charge in [-0.25, -0.2) is 9.69 Å². The van der Waals surface area contributed by atoms with Crippen LogP contribution in [0, 0.1) is 0 Å². The second-order valence-corrected chi connectivity index (χ2v) is 6.94. The first-order valence-electron chi connectivity index (χ1n) is 7.90. The van der Waals surface area contributed by atoms with E-state index < -0.39 is 23.2 Å². The molecule has 1 aromatic carbocycles. The topological polar surface area (TPSA) is 104 Å². The lowest BCUT2D eigenvalue weighted by atomic mass is 10.1. The Bertz CT molecular complexity index is 689. The monoisotopic (exact) mass is 364 g/mol. The Morgan fingerprint density at radius 2 is 1.96 bits per heavy atom. The lowest BCUT2D eigenvalue weighted by Gasteiger charge is -2.17. The van der Waals surface area contributed by atoms with Crippen molar-refractivity contribution in [2.24, 2.45) is 0 Å². The Kier molecular flexibility index (Phi) is 6.19. The molecule has 1 fully saturated rings. The van der Waals surface area contributed by atoms with E-state index in [4.69, 9.17) is 5.11 Å². The zero-order valence-corrected chi connectivity index (χ0v) is 14.8. The van der Waals surface area contributed by atoms with Gasteiger partial charge in [0.15, 0.2) is 0 Å². The Balaban J connectivity index is 2.04. The molecule has 2 atom stereocenters. The van der Waals surface area contributed by atoms with Gasteiger partial charge in [0.25, 0.3) is 0 Å². The Morgan fingerprint density at radius 1 is 1.32 bits per heavy atom. The highest BCUT2D eigenvalue weighted by Crippen LogP contribution is 2.30. The van der Waals surface area contributed by atoms with Crippen molar-refractivity contribution >= 4 is 41.1 Å². The number of benzene rings is 1. The summed E-state index contributed by atoms with van der Waals surface area (Å²) < 4.78 is 0. The van der Waals surface area contributed by atoms with Crippen LogP contribution >= 0.6 is 11.8 Å². The van der Waals surface area contributed by atoms with Gasteiger partial charge in [0.1, 0.15) is 6.04 Å². The first kappa shape index (κ1) is 19.0. The average Bonchev–Trinajstić information content (AvgIpc) is 2.85. The van der Waals surface area contributed by atoms with E-state index >= 15 is 0 Å². The van der Waals surface area contributed by atoms with E-state index in [0.717, 1.165) is 28.6 Å². The number of thioether (sulfide) groups is 1. The van der Waals surface area contributed by atoms with Crippen LogP contribution in [0.4, 0.5) is 5.69 Å². The maximum atomic E-state index is 12.5. The van der Waals surface area contributed by atoms with Crippen molar-refractivity contribution in [1.82, 2.24) is 5.32 Å². The molecule has 2 N–H and O–H groups in total. The number of carbonyl (C=O) groups is 4. The fourth-order valence-electron chi connectivity index (χ4n) is 2.52. The van der Waals surface area contributed by atoms with E-state index in [2.05, 4.69) is 5.32 Å². The van der Waals surface area contributed by atoms with Gasteiger partial charge in [-0.15, -0.1) is 11.8 Å². The zero-order valence-electron chi connectivity index (χ0n) is 14.0. The zero-order chi connectivity index (χ0) is 18.6. The number of amides is 3. The van der Waals surface area contributed by atoms with Crippen LogP contribution in [0.25, 0.3) is 0 Å². The van der Waals surface area contributed by atoms with Gasteiger partial charge in [-0.1, -0.05) is 19.1 Å². The summed E-state index contributed by atoms with van der Waals surface area (Å²) in [5, 5.41) is 10.8. The van der Waals surface area contributed by atoms with Crippen molar-refractivity contribution in [2.75, 3.05) is 10.7 Å². The molecule has 1 aromatic rings. The maximum Gasteiger partial charge on any atom is 0.327 e. The van der Waals surface area contributed by atoms with Gasteiger partial charge in [0, 0.05) is 19.1 Å². The fourth-order valence-corrected chi connectivity index (χ4v) is 3.68. The molecule has 25 heavy (non-hydrogen) atoms. The average molecular weight is 364 g/mol. The molecule has 7 nitrogen and oxygen atoms in total. The molecule has 0 saturated carbocycles. The second-order valence-electron chi connectivity index (χ2n) is 5.70. The number of aryl methyl sites for hydroxylation is 1. The molecule has 2 rings (SSSR count). The number of nitrogens with one attached hydrogen (secondary N) is 1. The molecule has 1 heterocycles. The summed E-state index contributed by atoms with van der Waals surface area (Å²) in [5.74, 6) is -2.28. The molecule has 0 bridgehead atoms. The third kappa shape index (κ3) is 4.60. The van der Waals surface area contributed by atoms with Gasteiger partial charge in [0.05, 0.1) is 10.9 Å². The van der Waals surface area contributed by atoms with Gasteiger partial charge in [-0.2, -0.15) is 0 Å². The molecule has 134 valence electrons. The standard InChI is InChI=1S/C17H20N2O5S/c1-3-11-4-6-12(7-5-11)19-15(21)8-14(16(19)22)25-9-13(17(23)24)18-10(2)20/h4-7,13-14H,3,8-9H2,1-2H3,(H,18,20)(H,23,24). The van der Waals surface area contributed by atoms with Crippen molar-refractivity contribution in [1.29, 1.82) is 0 Å². The third-order valence-electron chi connectivity index (χ3n) is 3.85. The van der Waals surface area contributed by atoms with Crippen molar-refractivity contribution in [2.45, 2.75) is 38.0 Å². The van der Waals surface area contributed by atoms with Gasteiger partial charge in [-0.3, -0.25) is 14.4 Å². The molecule has 0 aliphatic carbocycles. The molecule has 1 saturated heterocycles. The molecule has 3 amide bonds. The van der Waals surface area contributed by atoms with Crippen molar-refractivity contribution in [3.05, 3.63) is 29.8 Å². The first-order chi connectivity index (χ1) is 11.8. The lowest BCUT2D eigenvalue weighted by Crippen LogP contribution is -2.42. The number of rotatable bonds is 7. The summed E-state index contributed by atoms with van der Waals surface area (Å²) in [7, 11) is 0. The van der Waals surface area contributed by atoms with E-state index in [-0.39, 0.29) is 24.0 Å². The minimum Gasteiger partial charge on any atom is -0.480 e. The number of carboxylic acids is 1. The van der Waals surface area contributed by atoms with Crippen LogP contribution < -0.4 is 10.2 Å². The SMILES string of the molecule is CCc1ccc(N2C(=O)CC(SCC(NC(C)=O)C(=O)O)C2=O)cc1. The van der Waals surface area contributed by atoms with E-state index in [1.807, 2.05) is 19.1 Å². The smallest absolute Gasteiger partial charge is 0.327 e. The number of carbonyl (C=O) groups excluding carboxylic acids is 3. The van der Waals surface area contributed by atoms with Crippen LogP contribution in [0.3, 0.4) is 0 Å². The van der Waals surface area contributed by atoms with Crippen LogP contribution in [0.2, 0.25) is 0 Å². The minimum atomic E-state index is -1.17. The highest BCUT2D eigenvalue weighted by Gasteiger charge is 2.40.